The minimum atomic E-state index is 0.459. The van der Waals surface area contributed by atoms with Crippen LogP contribution < -0.4 is 0 Å². The zero-order valence-electron chi connectivity index (χ0n) is 9.03. The lowest BCUT2D eigenvalue weighted by Crippen LogP contribution is -1.93. The van der Waals surface area contributed by atoms with Gasteiger partial charge >= 0.3 is 0 Å². The zero-order valence-corrected chi connectivity index (χ0v) is 11.4. The molecule has 0 radical (unpaired) electrons. The molecule has 1 aliphatic carbocycles. The Labute approximate surface area is 113 Å². The molecule has 0 saturated heterocycles. The molecule has 1 aromatic carbocycles. The Morgan fingerprint density at radius 3 is 2.71 bits per heavy atom. The quantitative estimate of drug-likeness (QED) is 0.767. The molecule has 0 amide bonds. The van der Waals surface area contributed by atoms with Crippen molar-refractivity contribution >= 4 is 27.5 Å². The summed E-state index contributed by atoms with van der Waals surface area (Å²) in [6.45, 7) is 0. The molecule has 2 aromatic rings. The summed E-state index contributed by atoms with van der Waals surface area (Å²) in [6, 6.07) is 8.30. The van der Waals surface area contributed by atoms with E-state index in [4.69, 9.17) is 11.6 Å². The summed E-state index contributed by atoms with van der Waals surface area (Å²) >= 11 is 9.32. The van der Waals surface area contributed by atoms with Crippen LogP contribution in [0.25, 0.3) is 11.4 Å². The zero-order chi connectivity index (χ0) is 11.8. The molecule has 0 atom stereocenters. The Morgan fingerprint density at radius 2 is 2.00 bits per heavy atom. The van der Waals surface area contributed by atoms with E-state index >= 15 is 0 Å². The first-order valence-corrected chi connectivity index (χ1v) is 6.70. The van der Waals surface area contributed by atoms with Crippen molar-refractivity contribution in [2.45, 2.75) is 18.8 Å². The maximum atomic E-state index is 6.01. The average molecular weight is 310 g/mol. The number of benzene rings is 1. The number of hydrogen-bond acceptors (Lipinski definition) is 2. The molecule has 1 heterocycles. The number of halogens is 2. The molecule has 1 aliphatic rings. The summed E-state index contributed by atoms with van der Waals surface area (Å²) in [7, 11) is 0. The van der Waals surface area contributed by atoms with Gasteiger partial charge in [-0.1, -0.05) is 35.9 Å². The van der Waals surface area contributed by atoms with Gasteiger partial charge in [-0.25, -0.2) is 9.97 Å². The summed E-state index contributed by atoms with van der Waals surface area (Å²) in [5.41, 5.74) is 2.44. The van der Waals surface area contributed by atoms with Crippen molar-refractivity contribution in [1.29, 1.82) is 0 Å². The Kier molecular flexibility index (Phi) is 2.89. The van der Waals surface area contributed by atoms with Gasteiger partial charge < -0.3 is 0 Å². The lowest BCUT2D eigenvalue weighted by molar-refractivity contribution is 1.10. The predicted molar refractivity (Wildman–Crippen MR) is 72.2 cm³/mol. The third kappa shape index (κ3) is 2.22. The minimum Gasteiger partial charge on any atom is -0.235 e. The molecule has 0 N–H and O–H groups in total. The van der Waals surface area contributed by atoms with Crippen LogP contribution in [0.15, 0.2) is 34.9 Å². The molecule has 0 spiro atoms. The van der Waals surface area contributed by atoms with Gasteiger partial charge in [-0.15, -0.1) is 0 Å². The van der Waals surface area contributed by atoms with Crippen molar-refractivity contribution in [3.05, 3.63) is 45.7 Å². The lowest BCUT2D eigenvalue weighted by Gasteiger charge is -2.07. The second kappa shape index (κ2) is 4.39. The van der Waals surface area contributed by atoms with Gasteiger partial charge in [-0.05, 0) is 40.3 Å². The number of nitrogens with zero attached hydrogens (tertiary/aromatic N) is 2. The number of rotatable bonds is 2. The molecule has 17 heavy (non-hydrogen) atoms. The van der Waals surface area contributed by atoms with E-state index in [1.165, 1.54) is 18.4 Å². The fourth-order valence-electron chi connectivity index (χ4n) is 1.93. The van der Waals surface area contributed by atoms with Crippen molar-refractivity contribution in [3.8, 4) is 11.4 Å². The molecule has 2 nitrogen and oxygen atoms in total. The van der Waals surface area contributed by atoms with E-state index < -0.39 is 0 Å². The van der Waals surface area contributed by atoms with Gasteiger partial charge in [0.25, 0.3) is 0 Å². The third-order valence-electron chi connectivity index (χ3n) is 2.92. The molecular weight excluding hydrogens is 300 g/mol. The van der Waals surface area contributed by atoms with Crippen LogP contribution in [0, 0.1) is 0 Å². The topological polar surface area (TPSA) is 25.8 Å². The maximum absolute atomic E-state index is 6.01. The first-order chi connectivity index (χ1) is 8.25. The van der Waals surface area contributed by atoms with Crippen LogP contribution in [0.4, 0.5) is 0 Å². The first kappa shape index (κ1) is 11.2. The fourth-order valence-corrected chi connectivity index (χ4v) is 2.25. The van der Waals surface area contributed by atoms with Gasteiger partial charge in [0.1, 0.15) is 5.15 Å². The molecular formula is C13H10BrClN2. The molecule has 1 fully saturated rings. The first-order valence-electron chi connectivity index (χ1n) is 5.53. The molecule has 0 bridgehead atoms. The fraction of sp³-hybridized carbons (Fsp3) is 0.231. The highest BCUT2D eigenvalue weighted by atomic mass is 79.9. The van der Waals surface area contributed by atoms with Crippen LogP contribution in [0.3, 0.4) is 0 Å². The summed E-state index contributed by atoms with van der Waals surface area (Å²) in [5.74, 6) is 1.39. The Bertz CT molecular complexity index is 567. The second-order valence-electron chi connectivity index (χ2n) is 4.19. The molecule has 3 rings (SSSR count). The maximum Gasteiger partial charge on any atom is 0.161 e. The molecule has 0 aliphatic heterocycles. The van der Waals surface area contributed by atoms with E-state index in [2.05, 4.69) is 44.1 Å². The highest BCUT2D eigenvalue weighted by molar-refractivity contribution is 9.10. The minimum absolute atomic E-state index is 0.459. The van der Waals surface area contributed by atoms with Crippen molar-refractivity contribution in [1.82, 2.24) is 9.97 Å². The normalized spacial score (nSPS) is 14.9. The molecule has 86 valence electrons. The monoisotopic (exact) mass is 308 g/mol. The summed E-state index contributed by atoms with van der Waals surface area (Å²) < 4.78 is 0.729. The van der Waals surface area contributed by atoms with Crippen LogP contribution in [-0.4, -0.2) is 9.97 Å². The van der Waals surface area contributed by atoms with E-state index in [0.29, 0.717) is 16.9 Å². The van der Waals surface area contributed by atoms with Crippen LogP contribution in [0.1, 0.15) is 24.3 Å². The number of aromatic nitrogens is 2. The molecule has 4 heteroatoms. The van der Waals surface area contributed by atoms with Gasteiger partial charge in [0.2, 0.25) is 0 Å². The Balaban J connectivity index is 2.11. The highest BCUT2D eigenvalue weighted by Crippen LogP contribution is 2.43. The Hall–Kier alpha value is -0.930. The average Bonchev–Trinajstić information content (AvgIpc) is 3.17. The summed E-state index contributed by atoms with van der Waals surface area (Å²) in [4.78, 5) is 8.66. The van der Waals surface area contributed by atoms with Crippen LogP contribution >= 0.6 is 27.5 Å². The Morgan fingerprint density at radius 1 is 1.24 bits per heavy atom. The lowest BCUT2D eigenvalue weighted by atomic mass is 10.0. The molecule has 1 saturated carbocycles. The van der Waals surface area contributed by atoms with E-state index in [9.17, 15) is 0 Å². The van der Waals surface area contributed by atoms with Crippen molar-refractivity contribution in [2.75, 3.05) is 0 Å². The van der Waals surface area contributed by atoms with Gasteiger partial charge in [-0.3, -0.25) is 0 Å². The molecule has 0 unspecified atom stereocenters. The summed E-state index contributed by atoms with van der Waals surface area (Å²) in [6.07, 6.45) is 4.23. The third-order valence-corrected chi connectivity index (χ3v) is 4.02. The highest BCUT2D eigenvalue weighted by Gasteiger charge is 2.26. The van der Waals surface area contributed by atoms with E-state index in [1.807, 2.05) is 6.07 Å². The van der Waals surface area contributed by atoms with Crippen LogP contribution in [0.2, 0.25) is 5.15 Å². The smallest absolute Gasteiger partial charge is 0.161 e. The number of hydrogen-bond donors (Lipinski definition) is 0. The van der Waals surface area contributed by atoms with Crippen molar-refractivity contribution in [3.63, 3.8) is 0 Å². The van der Waals surface area contributed by atoms with Gasteiger partial charge in [0.15, 0.2) is 5.82 Å². The van der Waals surface area contributed by atoms with E-state index in [1.54, 1.807) is 6.20 Å². The van der Waals surface area contributed by atoms with Crippen LogP contribution in [-0.2, 0) is 0 Å². The van der Waals surface area contributed by atoms with Gasteiger partial charge in [-0.2, -0.15) is 0 Å². The van der Waals surface area contributed by atoms with Gasteiger partial charge in [0, 0.05) is 11.8 Å². The standard InChI is InChI=1S/C13H10BrClN2/c14-11-7-16-13(17-12(11)15)10-4-2-1-3-9(10)8-5-6-8/h1-4,7-8H,5-6H2. The largest absolute Gasteiger partial charge is 0.235 e. The van der Waals surface area contributed by atoms with E-state index in [-0.39, 0.29) is 0 Å². The summed E-state index contributed by atoms with van der Waals surface area (Å²) in [5, 5.41) is 0.459. The molecule has 1 aromatic heterocycles. The van der Waals surface area contributed by atoms with Crippen molar-refractivity contribution in [2.24, 2.45) is 0 Å². The second-order valence-corrected chi connectivity index (χ2v) is 5.41. The predicted octanol–water partition coefficient (Wildman–Crippen LogP) is 4.44. The van der Waals surface area contributed by atoms with E-state index in [0.717, 1.165) is 10.0 Å². The van der Waals surface area contributed by atoms with Crippen molar-refractivity contribution < 1.29 is 0 Å². The SMILES string of the molecule is Clc1nc(-c2ccccc2C2CC2)ncc1Br. The van der Waals surface area contributed by atoms with Gasteiger partial charge in [0.05, 0.1) is 4.47 Å². The van der Waals surface area contributed by atoms with Crippen LogP contribution in [0.5, 0.6) is 0 Å².